The molecule has 3 N–H and O–H groups in total. The van der Waals surface area contributed by atoms with Gasteiger partial charge in [-0.1, -0.05) is 51.1 Å². The molecule has 0 fully saturated rings. The Hall–Kier alpha value is -1.00. The molecule has 0 spiro atoms. The molecule has 0 aliphatic carbocycles. The first-order valence-corrected chi connectivity index (χ1v) is 8.15. The van der Waals surface area contributed by atoms with Crippen LogP contribution in [-0.2, 0) is 10.3 Å². The van der Waals surface area contributed by atoms with Crippen molar-refractivity contribution in [3.63, 3.8) is 0 Å². The van der Waals surface area contributed by atoms with Crippen LogP contribution >= 0.6 is 11.8 Å². The van der Waals surface area contributed by atoms with Crippen molar-refractivity contribution in [1.29, 1.82) is 0 Å². The molecule has 0 aliphatic rings. The van der Waals surface area contributed by atoms with Gasteiger partial charge < -0.3 is 11.1 Å². The molecule has 112 valence electrons. The van der Waals surface area contributed by atoms with Crippen LogP contribution in [-0.4, -0.2) is 24.0 Å². The monoisotopic (exact) mass is 294 g/mol. The van der Waals surface area contributed by atoms with Crippen LogP contribution in [0.5, 0.6) is 0 Å². The lowest BCUT2D eigenvalue weighted by atomic mass is 9.86. The van der Waals surface area contributed by atoms with Gasteiger partial charge in [0.25, 0.3) is 0 Å². The first kappa shape index (κ1) is 17.1. The van der Waals surface area contributed by atoms with Gasteiger partial charge in [0.2, 0.25) is 5.91 Å². The number of primary amides is 1. The van der Waals surface area contributed by atoms with E-state index in [-0.39, 0.29) is 5.91 Å². The fourth-order valence-electron chi connectivity index (χ4n) is 2.12. The molecule has 0 bridgehead atoms. The Kier molecular flexibility index (Phi) is 6.56. The number of nitrogens with one attached hydrogen (secondary N) is 1. The minimum absolute atomic E-state index is 0.316. The lowest BCUT2D eigenvalue weighted by molar-refractivity contribution is -0.124. The van der Waals surface area contributed by atoms with Crippen molar-refractivity contribution in [2.24, 2.45) is 11.7 Å². The maximum absolute atomic E-state index is 12.0. The van der Waals surface area contributed by atoms with E-state index in [1.165, 1.54) is 0 Å². The van der Waals surface area contributed by atoms with Gasteiger partial charge >= 0.3 is 0 Å². The van der Waals surface area contributed by atoms with Gasteiger partial charge in [0.1, 0.15) is 5.54 Å². The number of amides is 1. The van der Waals surface area contributed by atoms with E-state index in [1.807, 2.05) is 42.1 Å². The molecule has 1 amide bonds. The van der Waals surface area contributed by atoms with E-state index < -0.39 is 5.54 Å². The third kappa shape index (κ3) is 4.00. The van der Waals surface area contributed by atoms with Gasteiger partial charge in [-0.05, 0) is 30.7 Å². The lowest BCUT2D eigenvalue weighted by Crippen LogP contribution is -2.51. The predicted octanol–water partition coefficient (Wildman–Crippen LogP) is 2.75. The standard InChI is InChI=1S/C16H26N2OS/c1-12(2)13(3)20-11-10-16(18-4,15(17)19)14-8-6-5-7-9-14/h5-9,12-13,18H,10-11H2,1-4H3,(H2,17,19). The van der Waals surface area contributed by atoms with Crippen LogP contribution in [0.4, 0.5) is 0 Å². The molecule has 1 aromatic carbocycles. The molecule has 0 heterocycles. The van der Waals surface area contributed by atoms with Crippen LogP contribution in [0.15, 0.2) is 30.3 Å². The molecule has 0 saturated carbocycles. The van der Waals surface area contributed by atoms with Crippen molar-refractivity contribution in [2.75, 3.05) is 12.8 Å². The van der Waals surface area contributed by atoms with Crippen LogP contribution in [0, 0.1) is 5.92 Å². The number of carbonyl (C=O) groups excluding carboxylic acids is 1. The van der Waals surface area contributed by atoms with Gasteiger partial charge in [-0.15, -0.1) is 0 Å². The maximum atomic E-state index is 12.0. The summed E-state index contributed by atoms with van der Waals surface area (Å²) in [7, 11) is 1.80. The molecule has 2 atom stereocenters. The van der Waals surface area contributed by atoms with E-state index in [9.17, 15) is 4.79 Å². The summed E-state index contributed by atoms with van der Waals surface area (Å²) in [5.41, 5.74) is 5.85. The van der Waals surface area contributed by atoms with Crippen molar-refractivity contribution >= 4 is 17.7 Å². The molecular formula is C16H26N2OS. The summed E-state index contributed by atoms with van der Waals surface area (Å²) in [5, 5.41) is 3.72. The zero-order chi connectivity index (χ0) is 15.2. The Balaban J connectivity index is 2.83. The number of hydrogen-bond donors (Lipinski definition) is 2. The topological polar surface area (TPSA) is 55.1 Å². The third-order valence-electron chi connectivity index (χ3n) is 3.91. The number of benzene rings is 1. The summed E-state index contributed by atoms with van der Waals surface area (Å²) >= 11 is 1.89. The Bertz CT molecular complexity index is 422. The van der Waals surface area contributed by atoms with Gasteiger partial charge in [0.05, 0.1) is 0 Å². The quantitative estimate of drug-likeness (QED) is 0.775. The summed E-state index contributed by atoms with van der Waals surface area (Å²) in [6.07, 6.45) is 0.699. The summed E-state index contributed by atoms with van der Waals surface area (Å²) in [4.78, 5) is 12.0. The summed E-state index contributed by atoms with van der Waals surface area (Å²) < 4.78 is 0. The Labute approximate surface area is 126 Å². The molecule has 0 aromatic heterocycles. The lowest BCUT2D eigenvalue weighted by Gasteiger charge is -2.31. The minimum Gasteiger partial charge on any atom is -0.368 e. The Morgan fingerprint density at radius 1 is 1.30 bits per heavy atom. The zero-order valence-corrected chi connectivity index (χ0v) is 13.7. The first-order chi connectivity index (χ1) is 9.44. The van der Waals surface area contributed by atoms with Gasteiger partial charge in [0.15, 0.2) is 0 Å². The molecule has 0 aliphatic heterocycles. The smallest absolute Gasteiger partial charge is 0.242 e. The van der Waals surface area contributed by atoms with E-state index in [2.05, 4.69) is 26.1 Å². The van der Waals surface area contributed by atoms with Gasteiger partial charge in [-0.25, -0.2) is 0 Å². The average Bonchev–Trinajstić information content (AvgIpc) is 2.44. The van der Waals surface area contributed by atoms with Crippen LogP contribution in [0.1, 0.15) is 32.8 Å². The van der Waals surface area contributed by atoms with Crippen molar-refractivity contribution in [3.8, 4) is 0 Å². The first-order valence-electron chi connectivity index (χ1n) is 7.10. The molecule has 4 heteroatoms. The molecule has 0 saturated heterocycles. The second-order valence-corrected chi connectivity index (χ2v) is 6.94. The molecule has 3 nitrogen and oxygen atoms in total. The number of carbonyl (C=O) groups is 1. The number of hydrogen-bond acceptors (Lipinski definition) is 3. The largest absolute Gasteiger partial charge is 0.368 e. The number of likely N-dealkylation sites (N-methyl/N-ethyl adjacent to an activating group) is 1. The van der Waals surface area contributed by atoms with Crippen molar-refractivity contribution < 1.29 is 4.79 Å². The third-order valence-corrected chi connectivity index (χ3v) is 5.42. The van der Waals surface area contributed by atoms with Crippen molar-refractivity contribution in [1.82, 2.24) is 5.32 Å². The Morgan fingerprint density at radius 3 is 2.35 bits per heavy atom. The normalized spacial score (nSPS) is 15.8. The van der Waals surface area contributed by atoms with Crippen molar-refractivity contribution in [3.05, 3.63) is 35.9 Å². The van der Waals surface area contributed by atoms with E-state index >= 15 is 0 Å². The van der Waals surface area contributed by atoms with Crippen LogP contribution < -0.4 is 11.1 Å². The highest BCUT2D eigenvalue weighted by molar-refractivity contribution is 7.99. The van der Waals surface area contributed by atoms with E-state index in [4.69, 9.17) is 5.73 Å². The summed E-state index contributed by atoms with van der Waals surface area (Å²) in [5.74, 6) is 1.22. The number of thioether (sulfide) groups is 1. The number of nitrogens with two attached hydrogens (primary N) is 1. The van der Waals surface area contributed by atoms with Crippen LogP contribution in [0.2, 0.25) is 0 Å². The highest BCUT2D eigenvalue weighted by Crippen LogP contribution is 2.28. The van der Waals surface area contributed by atoms with Gasteiger partial charge in [-0.2, -0.15) is 11.8 Å². The molecular weight excluding hydrogens is 268 g/mol. The second kappa shape index (κ2) is 7.70. The van der Waals surface area contributed by atoms with E-state index in [0.29, 0.717) is 17.6 Å². The highest BCUT2D eigenvalue weighted by Gasteiger charge is 2.36. The zero-order valence-electron chi connectivity index (χ0n) is 12.8. The fraction of sp³-hybridized carbons (Fsp3) is 0.562. The average molecular weight is 294 g/mol. The number of rotatable bonds is 8. The minimum atomic E-state index is -0.773. The van der Waals surface area contributed by atoms with Crippen molar-refractivity contribution in [2.45, 2.75) is 38.0 Å². The molecule has 0 radical (unpaired) electrons. The molecule has 1 rings (SSSR count). The van der Waals surface area contributed by atoms with E-state index in [1.54, 1.807) is 7.05 Å². The Morgan fingerprint density at radius 2 is 1.90 bits per heavy atom. The molecule has 2 unspecified atom stereocenters. The van der Waals surface area contributed by atoms with E-state index in [0.717, 1.165) is 11.3 Å². The summed E-state index contributed by atoms with van der Waals surface area (Å²) in [6, 6.07) is 9.73. The maximum Gasteiger partial charge on any atom is 0.242 e. The SMILES string of the molecule is CNC(CCSC(C)C(C)C)(C(N)=O)c1ccccc1. The van der Waals surface area contributed by atoms with Crippen LogP contribution in [0.3, 0.4) is 0 Å². The second-order valence-electron chi connectivity index (χ2n) is 5.46. The predicted molar refractivity (Wildman–Crippen MR) is 87.7 cm³/mol. The van der Waals surface area contributed by atoms with Gasteiger partial charge in [-0.3, -0.25) is 4.79 Å². The molecule has 20 heavy (non-hydrogen) atoms. The van der Waals surface area contributed by atoms with Gasteiger partial charge in [0, 0.05) is 5.25 Å². The summed E-state index contributed by atoms with van der Waals surface area (Å²) in [6.45, 7) is 6.66. The molecule has 1 aromatic rings. The van der Waals surface area contributed by atoms with Crippen LogP contribution in [0.25, 0.3) is 0 Å². The highest BCUT2D eigenvalue weighted by atomic mass is 32.2. The fourth-order valence-corrected chi connectivity index (χ4v) is 3.30.